The normalized spacial score (nSPS) is 11.4. The smallest absolute Gasteiger partial charge is 0.427 e. The molecule has 0 aliphatic carbocycles. The van der Waals surface area contributed by atoms with Gasteiger partial charge in [0.15, 0.2) is 5.13 Å². The van der Waals surface area contributed by atoms with Crippen LogP contribution in [0.15, 0.2) is 24.4 Å². The minimum atomic E-state index is -4.52. The zero-order valence-corrected chi connectivity index (χ0v) is 11.1. The van der Waals surface area contributed by atoms with Gasteiger partial charge in [-0.25, -0.2) is 4.98 Å². The lowest BCUT2D eigenvalue weighted by molar-refractivity contribution is -0.134. The number of carbonyl (C=O) groups excluding carboxylic acids is 1. The Morgan fingerprint density at radius 2 is 2.10 bits per heavy atom. The molecule has 1 amide bonds. The average Bonchev–Trinajstić information content (AvgIpc) is 2.80. The minimum Gasteiger partial charge on any atom is -0.507 e. The van der Waals surface area contributed by atoms with E-state index in [9.17, 15) is 23.1 Å². The van der Waals surface area contributed by atoms with Gasteiger partial charge < -0.3 is 5.11 Å². The number of amides is 1. The molecule has 0 atom stereocenters. The van der Waals surface area contributed by atoms with Gasteiger partial charge in [-0.15, -0.1) is 0 Å². The van der Waals surface area contributed by atoms with Crippen molar-refractivity contribution in [1.29, 1.82) is 0 Å². The third-order valence-corrected chi connectivity index (χ3v) is 3.40. The van der Waals surface area contributed by atoms with Crippen LogP contribution in [0.2, 0.25) is 5.02 Å². The number of aromatic hydroxyl groups is 1. The lowest BCUT2D eigenvalue weighted by atomic mass is 10.2. The first-order valence-corrected chi connectivity index (χ1v) is 6.29. The standard InChI is InChI=1S/C11H6ClF3N2O2S/c12-5-1-2-7(18)6(3-5)9(19)17-10-16-4-8(20-10)11(13,14)15/h1-4,18H,(H,16,17,19). The van der Waals surface area contributed by atoms with E-state index < -0.39 is 17.0 Å². The van der Waals surface area contributed by atoms with E-state index in [2.05, 4.69) is 10.3 Å². The van der Waals surface area contributed by atoms with Crippen LogP contribution in [-0.2, 0) is 6.18 Å². The number of nitrogens with one attached hydrogen (secondary N) is 1. The Kier molecular flexibility index (Phi) is 3.87. The topological polar surface area (TPSA) is 62.2 Å². The summed E-state index contributed by atoms with van der Waals surface area (Å²) in [7, 11) is 0. The third-order valence-electron chi connectivity index (χ3n) is 2.21. The van der Waals surface area contributed by atoms with E-state index in [4.69, 9.17) is 11.6 Å². The summed E-state index contributed by atoms with van der Waals surface area (Å²) >= 11 is 5.97. The number of hydrogen-bond donors (Lipinski definition) is 2. The van der Waals surface area contributed by atoms with Gasteiger partial charge >= 0.3 is 6.18 Å². The number of halogens is 4. The van der Waals surface area contributed by atoms with E-state index in [1.807, 2.05) is 0 Å². The van der Waals surface area contributed by atoms with Crippen LogP contribution < -0.4 is 5.32 Å². The summed E-state index contributed by atoms with van der Waals surface area (Å²) in [4.78, 5) is 14.3. The van der Waals surface area contributed by atoms with Gasteiger partial charge in [-0.1, -0.05) is 22.9 Å². The third kappa shape index (κ3) is 3.20. The molecule has 0 spiro atoms. The highest BCUT2D eigenvalue weighted by molar-refractivity contribution is 7.15. The van der Waals surface area contributed by atoms with Crippen LogP contribution >= 0.6 is 22.9 Å². The Hall–Kier alpha value is -1.80. The summed E-state index contributed by atoms with van der Waals surface area (Å²) < 4.78 is 37.1. The molecule has 0 saturated heterocycles. The molecule has 0 bridgehead atoms. The van der Waals surface area contributed by atoms with Gasteiger partial charge in [0.25, 0.3) is 5.91 Å². The number of anilines is 1. The van der Waals surface area contributed by atoms with Crippen molar-refractivity contribution in [2.24, 2.45) is 0 Å². The summed E-state index contributed by atoms with van der Waals surface area (Å²) in [5, 5.41) is 11.7. The zero-order chi connectivity index (χ0) is 14.9. The van der Waals surface area contributed by atoms with Crippen molar-refractivity contribution in [3.63, 3.8) is 0 Å². The number of carbonyl (C=O) groups is 1. The van der Waals surface area contributed by atoms with Crippen molar-refractivity contribution in [3.05, 3.63) is 39.9 Å². The summed E-state index contributed by atoms with van der Waals surface area (Å²) in [5.41, 5.74) is -0.152. The molecule has 106 valence electrons. The van der Waals surface area contributed by atoms with Gasteiger partial charge in [0.05, 0.1) is 11.8 Å². The molecule has 1 aromatic carbocycles. The van der Waals surface area contributed by atoms with Crippen LogP contribution in [0.25, 0.3) is 0 Å². The monoisotopic (exact) mass is 322 g/mol. The Morgan fingerprint density at radius 3 is 2.70 bits per heavy atom. The number of alkyl halides is 3. The minimum absolute atomic E-state index is 0.152. The molecular formula is C11H6ClF3N2O2S. The number of nitrogens with zero attached hydrogens (tertiary/aromatic N) is 1. The highest BCUT2D eigenvalue weighted by atomic mass is 35.5. The van der Waals surface area contributed by atoms with Gasteiger partial charge in [0.1, 0.15) is 10.6 Å². The van der Waals surface area contributed by atoms with Crippen LogP contribution in [0.4, 0.5) is 18.3 Å². The molecule has 9 heteroatoms. The van der Waals surface area contributed by atoms with Crippen molar-refractivity contribution in [3.8, 4) is 5.75 Å². The molecule has 0 unspecified atom stereocenters. The Morgan fingerprint density at radius 1 is 1.40 bits per heavy atom. The van der Waals surface area contributed by atoms with Crippen molar-refractivity contribution < 1.29 is 23.1 Å². The van der Waals surface area contributed by atoms with Crippen molar-refractivity contribution in [1.82, 2.24) is 4.98 Å². The largest absolute Gasteiger partial charge is 0.507 e. The number of benzene rings is 1. The number of phenolic OH excluding ortho intramolecular Hbond substituents is 1. The fourth-order valence-corrected chi connectivity index (χ4v) is 2.17. The summed E-state index contributed by atoms with van der Waals surface area (Å²) in [5.74, 6) is -1.13. The van der Waals surface area contributed by atoms with E-state index in [-0.39, 0.29) is 21.5 Å². The van der Waals surface area contributed by atoms with Crippen LogP contribution in [0.1, 0.15) is 15.2 Å². The van der Waals surface area contributed by atoms with Crippen molar-refractivity contribution >= 4 is 34.0 Å². The predicted octanol–water partition coefficient (Wildman–Crippen LogP) is 3.77. The number of aromatic nitrogens is 1. The van der Waals surface area contributed by atoms with E-state index in [1.54, 1.807) is 0 Å². The molecule has 0 radical (unpaired) electrons. The molecule has 0 aliphatic heterocycles. The first kappa shape index (κ1) is 14.6. The SMILES string of the molecule is O=C(Nc1ncc(C(F)(F)F)s1)c1cc(Cl)ccc1O. The molecule has 0 saturated carbocycles. The maximum atomic E-state index is 12.4. The van der Waals surface area contributed by atoms with E-state index in [0.29, 0.717) is 17.5 Å². The summed E-state index contributed by atoms with van der Waals surface area (Å²) in [6.45, 7) is 0. The number of thiazole rings is 1. The second kappa shape index (κ2) is 5.29. The summed E-state index contributed by atoms with van der Waals surface area (Å²) in [6.07, 6.45) is -3.89. The molecule has 4 nitrogen and oxygen atoms in total. The number of hydrogen-bond acceptors (Lipinski definition) is 4. The first-order valence-electron chi connectivity index (χ1n) is 5.10. The highest BCUT2D eigenvalue weighted by Gasteiger charge is 2.33. The Labute approximate surface area is 119 Å². The van der Waals surface area contributed by atoms with E-state index in [1.165, 1.54) is 18.2 Å². The molecule has 1 heterocycles. The lowest BCUT2D eigenvalue weighted by Crippen LogP contribution is -2.11. The molecule has 1 aromatic heterocycles. The Bertz CT molecular complexity index is 657. The average molecular weight is 323 g/mol. The predicted molar refractivity (Wildman–Crippen MR) is 68.2 cm³/mol. The van der Waals surface area contributed by atoms with E-state index in [0.717, 1.165) is 0 Å². The zero-order valence-electron chi connectivity index (χ0n) is 9.53. The summed E-state index contributed by atoms with van der Waals surface area (Å²) in [6, 6.07) is 3.78. The Balaban J connectivity index is 2.20. The van der Waals surface area contributed by atoms with Crippen molar-refractivity contribution in [2.45, 2.75) is 6.18 Å². The first-order chi connectivity index (χ1) is 9.27. The van der Waals surface area contributed by atoms with Gasteiger partial charge in [-0.3, -0.25) is 10.1 Å². The van der Waals surface area contributed by atoms with E-state index >= 15 is 0 Å². The molecule has 2 aromatic rings. The van der Waals surface area contributed by atoms with Crippen molar-refractivity contribution in [2.75, 3.05) is 5.32 Å². The molecule has 2 rings (SSSR count). The highest BCUT2D eigenvalue weighted by Crippen LogP contribution is 2.35. The van der Waals surface area contributed by atoms with Crippen LogP contribution in [0.5, 0.6) is 5.75 Å². The number of phenols is 1. The fourth-order valence-electron chi connectivity index (χ4n) is 1.32. The maximum Gasteiger partial charge on any atom is 0.427 e. The molecule has 0 fully saturated rings. The van der Waals surface area contributed by atoms with Gasteiger partial charge in [-0.2, -0.15) is 13.2 Å². The molecule has 2 N–H and O–H groups in total. The molecular weight excluding hydrogens is 317 g/mol. The van der Waals surface area contributed by atoms with Crippen LogP contribution in [0.3, 0.4) is 0 Å². The number of rotatable bonds is 2. The van der Waals surface area contributed by atoms with Gasteiger partial charge in [0, 0.05) is 5.02 Å². The fraction of sp³-hybridized carbons (Fsp3) is 0.0909. The second-order valence-corrected chi connectivity index (χ2v) is 5.11. The van der Waals surface area contributed by atoms with Gasteiger partial charge in [-0.05, 0) is 18.2 Å². The van der Waals surface area contributed by atoms with Gasteiger partial charge in [0.2, 0.25) is 0 Å². The maximum absolute atomic E-state index is 12.4. The molecule has 20 heavy (non-hydrogen) atoms. The van der Waals surface area contributed by atoms with Crippen LogP contribution in [-0.4, -0.2) is 16.0 Å². The molecule has 0 aliphatic rings. The second-order valence-electron chi connectivity index (χ2n) is 3.64. The quantitative estimate of drug-likeness (QED) is 0.884. The van der Waals surface area contributed by atoms with Crippen LogP contribution in [0, 0.1) is 0 Å². The lowest BCUT2D eigenvalue weighted by Gasteiger charge is -2.04.